The van der Waals surface area contributed by atoms with E-state index in [0.29, 0.717) is 17.9 Å². The minimum absolute atomic E-state index is 0.139. The number of nitrogens with zero attached hydrogens (tertiary/aromatic N) is 1. The van der Waals surface area contributed by atoms with E-state index in [1.165, 1.54) is 32.2 Å². The summed E-state index contributed by atoms with van der Waals surface area (Å²) in [5, 5.41) is 16.1. The number of carbonyl (C=O) groups excluding carboxylic acids is 2. The highest BCUT2D eigenvalue weighted by molar-refractivity contribution is 6.05. The first-order valence-electron chi connectivity index (χ1n) is 7.38. The van der Waals surface area contributed by atoms with Crippen molar-refractivity contribution in [3.8, 4) is 5.75 Å². The van der Waals surface area contributed by atoms with Crippen LogP contribution in [0.15, 0.2) is 42.5 Å². The van der Waals surface area contributed by atoms with Crippen molar-refractivity contribution in [3.05, 3.63) is 63.7 Å². The van der Waals surface area contributed by atoms with Crippen LogP contribution in [0.5, 0.6) is 5.75 Å². The van der Waals surface area contributed by atoms with Gasteiger partial charge in [0.2, 0.25) is 5.91 Å². The molecule has 25 heavy (non-hydrogen) atoms. The van der Waals surface area contributed by atoms with Gasteiger partial charge in [0.15, 0.2) is 0 Å². The molecule has 0 spiro atoms. The normalized spacial score (nSPS) is 10.0. The van der Waals surface area contributed by atoms with Crippen LogP contribution < -0.4 is 15.4 Å². The summed E-state index contributed by atoms with van der Waals surface area (Å²) in [6.07, 6.45) is 0. The Kier molecular flexibility index (Phi) is 5.67. The number of carbonyl (C=O) groups is 2. The molecule has 130 valence electrons. The van der Waals surface area contributed by atoms with Crippen LogP contribution in [-0.4, -0.2) is 23.8 Å². The molecule has 0 heterocycles. The van der Waals surface area contributed by atoms with Gasteiger partial charge >= 0.3 is 0 Å². The summed E-state index contributed by atoms with van der Waals surface area (Å²) in [7, 11) is 1.41. The Morgan fingerprint density at radius 3 is 2.40 bits per heavy atom. The fraction of sp³-hybridized carbons (Fsp3) is 0.176. The van der Waals surface area contributed by atoms with E-state index in [9.17, 15) is 19.7 Å². The van der Waals surface area contributed by atoms with Crippen molar-refractivity contribution < 1.29 is 19.2 Å². The third kappa shape index (κ3) is 4.77. The van der Waals surface area contributed by atoms with Crippen molar-refractivity contribution in [2.24, 2.45) is 0 Å². The molecule has 0 unspecified atom stereocenters. The summed E-state index contributed by atoms with van der Waals surface area (Å²) in [5.41, 5.74) is 1.28. The number of ether oxygens (including phenoxy) is 1. The van der Waals surface area contributed by atoms with Gasteiger partial charge in [-0.3, -0.25) is 19.7 Å². The SMILES string of the molecule is COc1ccc([N+](=O)[O-])cc1NC(=O)c1ccc(CNC(C)=O)cc1. The fourth-order valence-corrected chi connectivity index (χ4v) is 2.10. The molecule has 0 atom stereocenters. The molecule has 8 nitrogen and oxygen atoms in total. The van der Waals surface area contributed by atoms with Gasteiger partial charge in [-0.25, -0.2) is 0 Å². The topological polar surface area (TPSA) is 111 Å². The number of nitro groups is 1. The lowest BCUT2D eigenvalue weighted by Crippen LogP contribution is -2.19. The zero-order valence-corrected chi connectivity index (χ0v) is 13.7. The zero-order chi connectivity index (χ0) is 18.4. The van der Waals surface area contributed by atoms with Gasteiger partial charge in [-0.05, 0) is 23.8 Å². The lowest BCUT2D eigenvalue weighted by Gasteiger charge is -2.10. The molecule has 0 radical (unpaired) electrons. The maximum atomic E-state index is 12.3. The van der Waals surface area contributed by atoms with Crippen molar-refractivity contribution in [2.45, 2.75) is 13.5 Å². The number of anilines is 1. The maximum absolute atomic E-state index is 12.3. The number of benzene rings is 2. The standard InChI is InChI=1S/C17H17N3O5/c1-11(21)18-10-12-3-5-13(6-4-12)17(22)19-15-9-14(20(23)24)7-8-16(15)25-2/h3-9H,10H2,1-2H3,(H,18,21)(H,19,22). The number of amides is 2. The quantitative estimate of drug-likeness (QED) is 0.618. The lowest BCUT2D eigenvalue weighted by atomic mass is 10.1. The number of methoxy groups -OCH3 is 1. The van der Waals surface area contributed by atoms with Crippen LogP contribution in [0.25, 0.3) is 0 Å². The zero-order valence-electron chi connectivity index (χ0n) is 13.7. The highest BCUT2D eigenvalue weighted by Crippen LogP contribution is 2.29. The molecule has 0 aromatic heterocycles. The number of hydrogen-bond donors (Lipinski definition) is 2. The Morgan fingerprint density at radius 1 is 1.16 bits per heavy atom. The van der Waals surface area contributed by atoms with Crippen molar-refractivity contribution in [1.29, 1.82) is 0 Å². The molecular weight excluding hydrogens is 326 g/mol. The third-order valence-corrected chi connectivity index (χ3v) is 3.40. The molecule has 0 aliphatic rings. The molecule has 2 N–H and O–H groups in total. The average Bonchev–Trinajstić information content (AvgIpc) is 2.60. The van der Waals surface area contributed by atoms with Crippen LogP contribution in [-0.2, 0) is 11.3 Å². The minimum atomic E-state index is -0.550. The van der Waals surface area contributed by atoms with E-state index in [4.69, 9.17) is 4.74 Å². The molecule has 0 saturated carbocycles. The summed E-state index contributed by atoms with van der Waals surface area (Å²) < 4.78 is 5.11. The molecule has 2 aromatic rings. The predicted octanol–water partition coefficient (Wildman–Crippen LogP) is 2.49. The van der Waals surface area contributed by atoms with Crippen molar-refractivity contribution in [2.75, 3.05) is 12.4 Å². The van der Waals surface area contributed by atoms with Gasteiger partial charge in [-0.15, -0.1) is 0 Å². The average molecular weight is 343 g/mol. The van der Waals surface area contributed by atoms with Gasteiger partial charge in [-0.1, -0.05) is 12.1 Å². The summed E-state index contributed by atoms with van der Waals surface area (Å²) in [4.78, 5) is 33.6. The Balaban J connectivity index is 2.15. The first-order valence-corrected chi connectivity index (χ1v) is 7.38. The van der Waals surface area contributed by atoms with Crippen LogP contribution in [0.4, 0.5) is 11.4 Å². The van der Waals surface area contributed by atoms with E-state index in [2.05, 4.69) is 10.6 Å². The van der Waals surface area contributed by atoms with E-state index in [1.807, 2.05) is 0 Å². The molecule has 0 aliphatic heterocycles. The molecule has 2 amide bonds. The summed E-state index contributed by atoms with van der Waals surface area (Å²) >= 11 is 0. The number of rotatable bonds is 6. The lowest BCUT2D eigenvalue weighted by molar-refractivity contribution is -0.384. The number of nitrogens with one attached hydrogen (secondary N) is 2. The van der Waals surface area contributed by atoms with Gasteiger partial charge in [-0.2, -0.15) is 0 Å². The Morgan fingerprint density at radius 2 is 1.84 bits per heavy atom. The highest BCUT2D eigenvalue weighted by atomic mass is 16.6. The van der Waals surface area contributed by atoms with E-state index < -0.39 is 10.8 Å². The second kappa shape index (κ2) is 7.91. The molecule has 0 fully saturated rings. The Hall–Kier alpha value is -3.42. The molecular formula is C17H17N3O5. The third-order valence-electron chi connectivity index (χ3n) is 3.40. The molecule has 2 rings (SSSR count). The van der Waals surface area contributed by atoms with E-state index in [1.54, 1.807) is 24.3 Å². The van der Waals surface area contributed by atoms with Crippen LogP contribution in [0, 0.1) is 10.1 Å². The van der Waals surface area contributed by atoms with Crippen molar-refractivity contribution in [1.82, 2.24) is 5.32 Å². The molecule has 8 heteroatoms. The second-order valence-electron chi connectivity index (χ2n) is 5.20. The van der Waals surface area contributed by atoms with Crippen LogP contribution in [0.1, 0.15) is 22.8 Å². The molecule has 0 saturated heterocycles. The maximum Gasteiger partial charge on any atom is 0.271 e. The van der Waals surface area contributed by atoms with Gasteiger partial charge < -0.3 is 15.4 Å². The Labute approximate surface area is 144 Å². The van der Waals surface area contributed by atoms with Crippen molar-refractivity contribution >= 4 is 23.2 Å². The van der Waals surface area contributed by atoms with Gasteiger partial charge in [0.1, 0.15) is 5.75 Å². The fourth-order valence-electron chi connectivity index (χ4n) is 2.10. The van der Waals surface area contributed by atoms with Crippen LogP contribution in [0.3, 0.4) is 0 Å². The minimum Gasteiger partial charge on any atom is -0.495 e. The van der Waals surface area contributed by atoms with Gasteiger partial charge in [0, 0.05) is 31.2 Å². The summed E-state index contributed by atoms with van der Waals surface area (Å²) in [6.45, 7) is 1.80. The predicted molar refractivity (Wildman–Crippen MR) is 91.6 cm³/mol. The Bertz CT molecular complexity index is 802. The van der Waals surface area contributed by atoms with E-state index >= 15 is 0 Å². The van der Waals surface area contributed by atoms with Crippen LogP contribution in [0.2, 0.25) is 0 Å². The molecule has 0 bridgehead atoms. The largest absolute Gasteiger partial charge is 0.495 e. The number of hydrogen-bond acceptors (Lipinski definition) is 5. The smallest absolute Gasteiger partial charge is 0.271 e. The highest BCUT2D eigenvalue weighted by Gasteiger charge is 2.14. The first kappa shape index (κ1) is 17.9. The molecule has 0 aliphatic carbocycles. The van der Waals surface area contributed by atoms with E-state index in [-0.39, 0.29) is 17.3 Å². The van der Waals surface area contributed by atoms with Crippen LogP contribution >= 0.6 is 0 Å². The van der Waals surface area contributed by atoms with Gasteiger partial charge in [0.25, 0.3) is 11.6 Å². The second-order valence-corrected chi connectivity index (χ2v) is 5.20. The first-order chi connectivity index (χ1) is 11.9. The number of non-ortho nitro benzene ring substituents is 1. The monoisotopic (exact) mass is 343 g/mol. The van der Waals surface area contributed by atoms with Gasteiger partial charge in [0.05, 0.1) is 17.7 Å². The van der Waals surface area contributed by atoms with Crippen molar-refractivity contribution in [3.63, 3.8) is 0 Å². The summed E-state index contributed by atoms with van der Waals surface area (Å²) in [5.74, 6) is -0.245. The van der Waals surface area contributed by atoms with E-state index in [0.717, 1.165) is 5.56 Å². The number of nitro benzene ring substituents is 1. The summed E-state index contributed by atoms with van der Waals surface area (Å²) in [6, 6.07) is 10.6. The molecule has 2 aromatic carbocycles.